The molecule has 1 amide bonds. The van der Waals surface area contributed by atoms with Crippen molar-refractivity contribution in [3.05, 3.63) is 40.5 Å². The summed E-state index contributed by atoms with van der Waals surface area (Å²) in [5.74, 6) is -1.71. The number of aromatic nitrogens is 1. The normalized spacial score (nSPS) is 11.4. The number of nitrogens with zero attached hydrogens (tertiary/aromatic N) is 1. The lowest BCUT2D eigenvalue weighted by Crippen LogP contribution is -2.18. The first-order valence-corrected chi connectivity index (χ1v) is 9.11. The number of anilines is 1. The SMILES string of the molecule is CC(=O)Nc1c(S(=O)(=O)c2ccc(Cl)cc2)c(C)c(C)n1CC(=O)O. The van der Waals surface area contributed by atoms with Gasteiger partial charge in [-0.1, -0.05) is 11.6 Å². The van der Waals surface area contributed by atoms with E-state index in [1.165, 1.54) is 35.8 Å². The Hall–Kier alpha value is -2.32. The Labute approximate surface area is 150 Å². The molecule has 25 heavy (non-hydrogen) atoms. The van der Waals surface area contributed by atoms with Gasteiger partial charge in [0.2, 0.25) is 15.7 Å². The average molecular weight is 385 g/mol. The highest BCUT2D eigenvalue weighted by molar-refractivity contribution is 7.91. The van der Waals surface area contributed by atoms with Crippen LogP contribution in [0.15, 0.2) is 34.1 Å². The molecule has 0 saturated carbocycles. The summed E-state index contributed by atoms with van der Waals surface area (Å²) in [6.45, 7) is 3.92. The summed E-state index contributed by atoms with van der Waals surface area (Å²) in [6, 6.07) is 5.61. The van der Waals surface area contributed by atoms with Crippen molar-refractivity contribution in [2.24, 2.45) is 0 Å². The molecule has 0 spiro atoms. The second-order valence-electron chi connectivity index (χ2n) is 5.51. The number of nitrogens with one attached hydrogen (secondary N) is 1. The standard InChI is InChI=1S/C16H17ClN2O5S/c1-9-10(2)19(8-14(21)22)16(18-11(3)20)15(9)25(23,24)13-6-4-12(17)5-7-13/h4-7H,8H2,1-3H3,(H,18,20)(H,21,22). The Balaban J connectivity index is 2.77. The fourth-order valence-electron chi connectivity index (χ4n) is 2.52. The van der Waals surface area contributed by atoms with E-state index in [1.54, 1.807) is 13.8 Å². The van der Waals surface area contributed by atoms with E-state index in [2.05, 4.69) is 5.32 Å². The van der Waals surface area contributed by atoms with Crippen LogP contribution in [0.2, 0.25) is 5.02 Å². The third kappa shape index (κ3) is 3.69. The van der Waals surface area contributed by atoms with Gasteiger partial charge >= 0.3 is 5.97 Å². The summed E-state index contributed by atoms with van der Waals surface area (Å²) < 4.78 is 27.4. The Morgan fingerprint density at radius 1 is 1.20 bits per heavy atom. The second-order valence-corrected chi connectivity index (χ2v) is 7.83. The van der Waals surface area contributed by atoms with Gasteiger partial charge in [-0.2, -0.15) is 0 Å². The van der Waals surface area contributed by atoms with E-state index < -0.39 is 28.3 Å². The number of carboxylic acid groups (broad SMARTS) is 1. The van der Waals surface area contributed by atoms with Gasteiger partial charge in [-0.15, -0.1) is 0 Å². The van der Waals surface area contributed by atoms with Crippen LogP contribution in [-0.2, 0) is 26.0 Å². The number of carboxylic acids is 1. The number of carbonyl (C=O) groups excluding carboxylic acids is 1. The number of sulfone groups is 1. The monoisotopic (exact) mass is 384 g/mol. The third-order valence-electron chi connectivity index (χ3n) is 3.75. The number of amides is 1. The first-order chi connectivity index (χ1) is 11.6. The number of rotatable bonds is 5. The highest BCUT2D eigenvalue weighted by atomic mass is 35.5. The molecule has 2 rings (SSSR count). The number of hydrogen-bond donors (Lipinski definition) is 2. The van der Waals surface area contributed by atoms with E-state index in [4.69, 9.17) is 16.7 Å². The predicted molar refractivity (Wildman–Crippen MR) is 92.7 cm³/mol. The maximum atomic E-state index is 13.1. The molecule has 2 aromatic rings. The van der Waals surface area contributed by atoms with E-state index in [-0.39, 0.29) is 15.6 Å². The molecule has 0 aliphatic carbocycles. The minimum Gasteiger partial charge on any atom is -0.480 e. The average Bonchev–Trinajstić information content (AvgIpc) is 2.71. The van der Waals surface area contributed by atoms with Crippen molar-refractivity contribution in [2.45, 2.75) is 37.1 Å². The van der Waals surface area contributed by atoms with Crippen LogP contribution < -0.4 is 5.32 Å². The van der Waals surface area contributed by atoms with E-state index in [0.717, 1.165) is 0 Å². The summed E-state index contributed by atoms with van der Waals surface area (Å²) in [7, 11) is -3.99. The maximum absolute atomic E-state index is 13.1. The maximum Gasteiger partial charge on any atom is 0.323 e. The van der Waals surface area contributed by atoms with Crippen molar-refractivity contribution in [1.82, 2.24) is 4.57 Å². The highest BCUT2D eigenvalue weighted by Crippen LogP contribution is 2.35. The smallest absolute Gasteiger partial charge is 0.323 e. The summed E-state index contributed by atoms with van der Waals surface area (Å²) in [4.78, 5) is 22.6. The molecule has 0 fully saturated rings. The molecule has 9 heteroatoms. The largest absolute Gasteiger partial charge is 0.480 e. The molecule has 0 radical (unpaired) electrons. The lowest BCUT2D eigenvalue weighted by molar-refractivity contribution is -0.137. The van der Waals surface area contributed by atoms with Crippen LogP contribution in [0.5, 0.6) is 0 Å². The minimum atomic E-state index is -3.99. The van der Waals surface area contributed by atoms with Crippen LogP contribution >= 0.6 is 11.6 Å². The zero-order valence-electron chi connectivity index (χ0n) is 13.8. The van der Waals surface area contributed by atoms with Gasteiger partial charge in [0.1, 0.15) is 17.3 Å². The molecule has 1 heterocycles. The molecular weight excluding hydrogens is 368 g/mol. The second kappa shape index (κ2) is 6.89. The van der Waals surface area contributed by atoms with Gasteiger partial charge in [-0.3, -0.25) is 9.59 Å². The number of benzene rings is 1. The van der Waals surface area contributed by atoms with E-state index >= 15 is 0 Å². The minimum absolute atomic E-state index is 0.000855. The highest BCUT2D eigenvalue weighted by Gasteiger charge is 2.30. The number of halogens is 1. The van der Waals surface area contributed by atoms with Gasteiger partial charge in [0.15, 0.2) is 0 Å². The molecule has 134 valence electrons. The molecular formula is C16H17ClN2O5S. The quantitative estimate of drug-likeness (QED) is 0.824. The van der Waals surface area contributed by atoms with Gasteiger partial charge in [0, 0.05) is 17.6 Å². The molecule has 0 aliphatic heterocycles. The fourth-order valence-corrected chi connectivity index (χ4v) is 4.34. The molecule has 1 aromatic carbocycles. The molecule has 0 unspecified atom stereocenters. The van der Waals surface area contributed by atoms with Crippen LogP contribution in [0.3, 0.4) is 0 Å². The van der Waals surface area contributed by atoms with Gasteiger partial charge in [0.25, 0.3) is 0 Å². The van der Waals surface area contributed by atoms with Crippen LogP contribution in [0.4, 0.5) is 5.82 Å². The van der Waals surface area contributed by atoms with Gasteiger partial charge in [0.05, 0.1) is 4.90 Å². The molecule has 1 aromatic heterocycles. The predicted octanol–water partition coefficient (Wildman–Crippen LogP) is 2.63. The van der Waals surface area contributed by atoms with Crippen molar-refractivity contribution < 1.29 is 23.1 Å². The lowest BCUT2D eigenvalue weighted by Gasteiger charge is -2.12. The van der Waals surface area contributed by atoms with Crippen molar-refractivity contribution in [1.29, 1.82) is 0 Å². The molecule has 7 nitrogen and oxygen atoms in total. The van der Waals surface area contributed by atoms with E-state index in [1.807, 2.05) is 0 Å². The first kappa shape index (κ1) is 19.0. The van der Waals surface area contributed by atoms with Crippen molar-refractivity contribution in [3.63, 3.8) is 0 Å². The lowest BCUT2D eigenvalue weighted by atomic mass is 10.3. The van der Waals surface area contributed by atoms with Crippen LogP contribution in [0, 0.1) is 13.8 Å². The zero-order chi connectivity index (χ0) is 18.9. The molecule has 0 atom stereocenters. The fraction of sp³-hybridized carbons (Fsp3) is 0.250. The van der Waals surface area contributed by atoms with Gasteiger partial charge < -0.3 is 15.0 Å². The van der Waals surface area contributed by atoms with Crippen LogP contribution in [0.25, 0.3) is 0 Å². The van der Waals surface area contributed by atoms with Gasteiger partial charge in [-0.05, 0) is 43.7 Å². The summed E-state index contributed by atoms with van der Waals surface area (Å²) in [6.07, 6.45) is 0. The first-order valence-electron chi connectivity index (χ1n) is 7.25. The Morgan fingerprint density at radius 3 is 2.24 bits per heavy atom. The molecule has 0 saturated heterocycles. The van der Waals surface area contributed by atoms with E-state index in [9.17, 15) is 18.0 Å². The Morgan fingerprint density at radius 2 is 1.76 bits per heavy atom. The van der Waals surface area contributed by atoms with E-state index in [0.29, 0.717) is 16.3 Å². The molecule has 2 N–H and O–H groups in total. The number of carbonyl (C=O) groups is 2. The van der Waals surface area contributed by atoms with Crippen molar-refractivity contribution in [2.75, 3.05) is 5.32 Å². The summed E-state index contributed by atoms with van der Waals surface area (Å²) in [5.41, 5.74) is 0.818. The molecule has 0 aliphatic rings. The summed E-state index contributed by atoms with van der Waals surface area (Å²) >= 11 is 5.80. The van der Waals surface area contributed by atoms with Crippen molar-refractivity contribution >= 4 is 39.1 Å². The Kier molecular flexibility index (Phi) is 5.24. The van der Waals surface area contributed by atoms with Crippen LogP contribution in [0.1, 0.15) is 18.2 Å². The van der Waals surface area contributed by atoms with Gasteiger partial charge in [-0.25, -0.2) is 8.42 Å². The zero-order valence-corrected chi connectivity index (χ0v) is 15.4. The third-order valence-corrected chi connectivity index (χ3v) is 5.94. The summed E-state index contributed by atoms with van der Waals surface area (Å²) in [5, 5.41) is 11.9. The van der Waals surface area contributed by atoms with Crippen molar-refractivity contribution in [3.8, 4) is 0 Å². The molecule has 0 bridgehead atoms. The topological polar surface area (TPSA) is 105 Å². The van der Waals surface area contributed by atoms with Crippen LogP contribution in [-0.4, -0.2) is 30.0 Å². The number of aliphatic carboxylic acids is 1. The Bertz CT molecular complexity index is 946. The number of hydrogen-bond acceptors (Lipinski definition) is 4.